The number of ketones is 1. The fourth-order valence-electron chi connectivity index (χ4n) is 3.84. The van der Waals surface area contributed by atoms with Gasteiger partial charge in [-0.15, -0.1) is 0 Å². The van der Waals surface area contributed by atoms with Gasteiger partial charge in [-0.05, 0) is 67.8 Å². The molecular weight excluding hydrogens is 258 g/mol. The van der Waals surface area contributed by atoms with Gasteiger partial charge in [-0.1, -0.05) is 32.0 Å². The van der Waals surface area contributed by atoms with Crippen LogP contribution in [0.5, 0.6) is 0 Å². The molecule has 1 fully saturated rings. The number of carbonyl (C=O) groups excluding carboxylic acids is 1. The van der Waals surface area contributed by atoms with Gasteiger partial charge in [0.15, 0.2) is 0 Å². The predicted molar refractivity (Wildman–Crippen MR) is 86.6 cm³/mol. The minimum atomic E-state index is -0.216. The summed E-state index contributed by atoms with van der Waals surface area (Å²) in [6.45, 7) is 6.37. The van der Waals surface area contributed by atoms with Crippen molar-refractivity contribution in [2.75, 3.05) is 13.1 Å². The molecule has 1 saturated heterocycles. The molecule has 1 aliphatic carbocycles. The molecule has 1 unspecified atom stereocenters. The molecular formula is C19H27NO. The molecule has 2 nitrogen and oxygen atoms in total. The van der Waals surface area contributed by atoms with Crippen LogP contribution in [0.3, 0.4) is 0 Å². The Bertz CT molecular complexity index is 526. The molecule has 0 aromatic heterocycles. The van der Waals surface area contributed by atoms with Crippen LogP contribution in [0.4, 0.5) is 0 Å². The number of fused-ring (bicyclic) bond motifs is 1. The van der Waals surface area contributed by atoms with Crippen molar-refractivity contribution in [1.82, 2.24) is 5.32 Å². The number of benzene rings is 1. The number of hydrogen-bond acceptors (Lipinski definition) is 2. The smallest absolute Gasteiger partial charge is 0.143 e. The highest BCUT2D eigenvalue weighted by Crippen LogP contribution is 2.34. The van der Waals surface area contributed by atoms with Crippen LogP contribution in [-0.2, 0) is 24.1 Å². The molecule has 1 atom stereocenters. The fraction of sp³-hybridized carbons (Fsp3) is 0.632. The van der Waals surface area contributed by atoms with Crippen molar-refractivity contribution in [3.63, 3.8) is 0 Å². The van der Waals surface area contributed by atoms with Crippen molar-refractivity contribution in [3.05, 3.63) is 34.9 Å². The second-order valence-electron chi connectivity index (χ2n) is 7.32. The Balaban J connectivity index is 1.70. The molecule has 1 N–H and O–H groups in total. The Morgan fingerprint density at radius 3 is 2.81 bits per heavy atom. The Labute approximate surface area is 128 Å². The highest BCUT2D eigenvalue weighted by atomic mass is 16.1. The quantitative estimate of drug-likeness (QED) is 0.919. The maximum atomic E-state index is 12.8. The molecule has 1 aromatic rings. The first-order valence-electron chi connectivity index (χ1n) is 8.42. The third-order valence-corrected chi connectivity index (χ3v) is 5.56. The van der Waals surface area contributed by atoms with E-state index in [-0.39, 0.29) is 5.41 Å². The van der Waals surface area contributed by atoms with Gasteiger partial charge in [-0.3, -0.25) is 4.79 Å². The lowest BCUT2D eigenvalue weighted by atomic mass is 9.71. The standard InChI is InChI=1S/C19H27NO/c1-19(2,17-7-4-10-20-13-17)18(21)12-14-8-9-15-5-3-6-16(15)11-14/h8-9,11,17,20H,3-7,10,12-13H2,1-2H3. The number of nitrogens with one attached hydrogen (secondary N) is 1. The largest absolute Gasteiger partial charge is 0.316 e. The summed E-state index contributed by atoms with van der Waals surface area (Å²) >= 11 is 0. The van der Waals surface area contributed by atoms with Crippen LogP contribution in [-0.4, -0.2) is 18.9 Å². The maximum absolute atomic E-state index is 12.8. The van der Waals surface area contributed by atoms with Crippen LogP contribution < -0.4 is 5.32 Å². The van der Waals surface area contributed by atoms with E-state index in [2.05, 4.69) is 37.4 Å². The molecule has 0 amide bonds. The number of rotatable bonds is 4. The van der Waals surface area contributed by atoms with Gasteiger partial charge >= 0.3 is 0 Å². The summed E-state index contributed by atoms with van der Waals surface area (Å²) in [7, 11) is 0. The SMILES string of the molecule is CC(C)(C(=O)Cc1ccc2c(c1)CCC2)C1CCCNC1. The fourth-order valence-corrected chi connectivity index (χ4v) is 3.84. The monoisotopic (exact) mass is 285 g/mol. The molecule has 1 aliphatic heterocycles. The van der Waals surface area contributed by atoms with Gasteiger partial charge in [0.1, 0.15) is 5.78 Å². The van der Waals surface area contributed by atoms with E-state index in [1.54, 1.807) is 0 Å². The van der Waals surface area contributed by atoms with Gasteiger partial charge in [0, 0.05) is 11.8 Å². The lowest BCUT2D eigenvalue weighted by Gasteiger charge is -2.36. The topological polar surface area (TPSA) is 29.1 Å². The van der Waals surface area contributed by atoms with E-state index in [1.807, 2.05) is 0 Å². The van der Waals surface area contributed by atoms with E-state index in [0.717, 1.165) is 13.1 Å². The highest BCUT2D eigenvalue weighted by molar-refractivity contribution is 5.86. The molecule has 0 saturated carbocycles. The second kappa shape index (κ2) is 5.92. The number of piperidine rings is 1. The van der Waals surface area contributed by atoms with Gasteiger partial charge in [0.05, 0.1) is 0 Å². The third-order valence-electron chi connectivity index (χ3n) is 5.56. The molecule has 2 aliphatic rings. The van der Waals surface area contributed by atoms with Crippen LogP contribution in [0.2, 0.25) is 0 Å². The summed E-state index contributed by atoms with van der Waals surface area (Å²) in [5.74, 6) is 0.877. The van der Waals surface area contributed by atoms with Gasteiger partial charge < -0.3 is 5.32 Å². The molecule has 21 heavy (non-hydrogen) atoms. The van der Waals surface area contributed by atoms with E-state index in [0.29, 0.717) is 18.1 Å². The summed E-state index contributed by atoms with van der Waals surface area (Å²) in [5.41, 5.74) is 3.95. The summed E-state index contributed by atoms with van der Waals surface area (Å²) in [4.78, 5) is 12.8. The Morgan fingerprint density at radius 2 is 2.05 bits per heavy atom. The van der Waals surface area contributed by atoms with Crippen molar-refractivity contribution < 1.29 is 4.79 Å². The molecule has 0 radical (unpaired) electrons. The lowest BCUT2D eigenvalue weighted by molar-refractivity contribution is -0.129. The Morgan fingerprint density at radius 1 is 1.24 bits per heavy atom. The summed E-state index contributed by atoms with van der Waals surface area (Å²) < 4.78 is 0. The summed E-state index contributed by atoms with van der Waals surface area (Å²) in [6, 6.07) is 6.67. The average molecular weight is 285 g/mol. The lowest BCUT2D eigenvalue weighted by Crippen LogP contribution is -2.43. The normalized spacial score (nSPS) is 22.1. The Hall–Kier alpha value is -1.15. The Kier molecular flexibility index (Phi) is 4.17. The zero-order chi connectivity index (χ0) is 14.9. The van der Waals surface area contributed by atoms with E-state index in [9.17, 15) is 4.79 Å². The van der Waals surface area contributed by atoms with E-state index in [4.69, 9.17) is 0 Å². The van der Waals surface area contributed by atoms with Crippen molar-refractivity contribution in [3.8, 4) is 0 Å². The summed E-state index contributed by atoms with van der Waals surface area (Å²) in [6.07, 6.45) is 6.63. The van der Waals surface area contributed by atoms with Gasteiger partial charge in [0.2, 0.25) is 0 Å². The first-order chi connectivity index (χ1) is 10.1. The van der Waals surface area contributed by atoms with Crippen LogP contribution in [0.25, 0.3) is 0 Å². The van der Waals surface area contributed by atoms with Crippen molar-refractivity contribution in [2.24, 2.45) is 11.3 Å². The minimum absolute atomic E-state index is 0.216. The number of aryl methyl sites for hydroxylation is 2. The minimum Gasteiger partial charge on any atom is -0.316 e. The zero-order valence-electron chi connectivity index (χ0n) is 13.4. The van der Waals surface area contributed by atoms with E-state index < -0.39 is 0 Å². The maximum Gasteiger partial charge on any atom is 0.143 e. The van der Waals surface area contributed by atoms with Crippen LogP contribution in [0.1, 0.15) is 49.8 Å². The van der Waals surface area contributed by atoms with Crippen molar-refractivity contribution >= 4 is 5.78 Å². The molecule has 0 bridgehead atoms. The average Bonchev–Trinajstić information content (AvgIpc) is 2.95. The third kappa shape index (κ3) is 3.06. The molecule has 2 heteroatoms. The van der Waals surface area contributed by atoms with Crippen molar-refractivity contribution in [2.45, 2.75) is 52.4 Å². The molecule has 114 valence electrons. The molecule has 0 spiro atoms. The number of carbonyl (C=O) groups is 1. The van der Waals surface area contributed by atoms with E-state index in [1.165, 1.54) is 48.8 Å². The van der Waals surface area contributed by atoms with Gasteiger partial charge in [-0.2, -0.15) is 0 Å². The second-order valence-corrected chi connectivity index (χ2v) is 7.32. The summed E-state index contributed by atoms with van der Waals surface area (Å²) in [5, 5.41) is 3.44. The van der Waals surface area contributed by atoms with Gasteiger partial charge in [0.25, 0.3) is 0 Å². The van der Waals surface area contributed by atoms with Gasteiger partial charge in [-0.25, -0.2) is 0 Å². The predicted octanol–water partition coefficient (Wildman–Crippen LogP) is 3.31. The molecule has 3 rings (SSSR count). The van der Waals surface area contributed by atoms with E-state index >= 15 is 0 Å². The van der Waals surface area contributed by atoms with Crippen LogP contribution in [0, 0.1) is 11.3 Å². The molecule has 1 aromatic carbocycles. The zero-order valence-corrected chi connectivity index (χ0v) is 13.4. The number of Topliss-reactive ketones (excluding diaryl/α,β-unsaturated/α-hetero) is 1. The van der Waals surface area contributed by atoms with Crippen LogP contribution in [0.15, 0.2) is 18.2 Å². The van der Waals surface area contributed by atoms with Crippen molar-refractivity contribution in [1.29, 1.82) is 0 Å². The molecule has 1 heterocycles. The first-order valence-corrected chi connectivity index (χ1v) is 8.42. The number of hydrogen-bond donors (Lipinski definition) is 1. The first kappa shape index (κ1) is 14.8. The highest BCUT2D eigenvalue weighted by Gasteiger charge is 2.36. The van der Waals surface area contributed by atoms with Crippen LogP contribution >= 0.6 is 0 Å².